The van der Waals surface area contributed by atoms with Gasteiger partial charge in [0.05, 0.1) is 6.54 Å². The Labute approximate surface area is 120 Å². The molecule has 0 spiro atoms. The molecule has 0 bridgehead atoms. The molecule has 3 rings (SSSR count). The smallest absolute Gasteiger partial charge is 0.198 e. The molecule has 1 saturated heterocycles. The predicted octanol–water partition coefficient (Wildman–Crippen LogP) is 2.11. The first kappa shape index (κ1) is 13.1. The maximum Gasteiger partial charge on any atom is 0.198 e. The van der Waals surface area contributed by atoms with Crippen LogP contribution in [0.5, 0.6) is 0 Å². The highest BCUT2D eigenvalue weighted by molar-refractivity contribution is 7.99. The van der Waals surface area contributed by atoms with Gasteiger partial charge in [0.25, 0.3) is 0 Å². The van der Waals surface area contributed by atoms with Gasteiger partial charge in [-0.3, -0.25) is 4.90 Å². The summed E-state index contributed by atoms with van der Waals surface area (Å²) in [5, 5.41) is 9.61. The fourth-order valence-corrected chi connectivity index (χ4v) is 3.66. The van der Waals surface area contributed by atoms with Gasteiger partial charge in [0.15, 0.2) is 10.2 Å². The fraction of sp³-hybridized carbons (Fsp3) is 0.500. The average Bonchev–Trinajstić information content (AvgIpc) is 3.02. The molecule has 0 atom stereocenters. The zero-order valence-corrected chi connectivity index (χ0v) is 12.4. The molecule has 0 unspecified atom stereocenters. The molecule has 0 N–H and O–H groups in total. The Kier molecular flexibility index (Phi) is 4.15. The molecular formula is C12H16N4OS2. The summed E-state index contributed by atoms with van der Waals surface area (Å²) in [7, 11) is 1.93. The van der Waals surface area contributed by atoms with Crippen molar-refractivity contribution >= 4 is 23.5 Å². The third kappa shape index (κ3) is 3.34. The number of rotatable bonds is 4. The van der Waals surface area contributed by atoms with Crippen molar-refractivity contribution in [2.24, 2.45) is 7.05 Å². The molecule has 2 aromatic rings. The Hall–Kier alpha value is -0.920. The number of hydrogen-bond acceptors (Lipinski definition) is 6. The molecular weight excluding hydrogens is 280 g/mol. The van der Waals surface area contributed by atoms with Crippen molar-refractivity contribution in [3.8, 4) is 0 Å². The summed E-state index contributed by atoms with van der Waals surface area (Å²) in [6.45, 7) is 3.20. The Bertz CT molecular complexity index is 533. The first-order chi connectivity index (χ1) is 9.31. The van der Waals surface area contributed by atoms with Crippen LogP contribution in [0.2, 0.25) is 0 Å². The van der Waals surface area contributed by atoms with Crippen LogP contribution in [-0.2, 0) is 13.6 Å². The fourth-order valence-electron chi connectivity index (χ4n) is 1.93. The second kappa shape index (κ2) is 6.02. The summed E-state index contributed by atoms with van der Waals surface area (Å²) < 4.78 is 7.73. The van der Waals surface area contributed by atoms with E-state index in [4.69, 9.17) is 4.42 Å². The van der Waals surface area contributed by atoms with Crippen molar-refractivity contribution < 1.29 is 4.42 Å². The third-order valence-corrected chi connectivity index (χ3v) is 4.90. The molecule has 102 valence electrons. The van der Waals surface area contributed by atoms with E-state index in [0.29, 0.717) is 0 Å². The maximum absolute atomic E-state index is 5.85. The van der Waals surface area contributed by atoms with E-state index in [9.17, 15) is 0 Å². The molecule has 0 aliphatic carbocycles. The van der Waals surface area contributed by atoms with Crippen LogP contribution in [0.4, 0.5) is 0 Å². The predicted molar refractivity (Wildman–Crippen MR) is 76.4 cm³/mol. The number of aryl methyl sites for hydroxylation is 1. The molecule has 1 aliphatic rings. The zero-order chi connectivity index (χ0) is 13.1. The molecule has 1 aliphatic heterocycles. The van der Waals surface area contributed by atoms with Gasteiger partial charge in [0.1, 0.15) is 12.1 Å². The van der Waals surface area contributed by atoms with Gasteiger partial charge in [0.2, 0.25) is 0 Å². The molecule has 19 heavy (non-hydrogen) atoms. The van der Waals surface area contributed by atoms with Crippen molar-refractivity contribution in [2.75, 3.05) is 24.6 Å². The first-order valence-corrected chi connectivity index (χ1v) is 8.19. The van der Waals surface area contributed by atoms with Crippen molar-refractivity contribution in [1.29, 1.82) is 0 Å². The quantitative estimate of drug-likeness (QED) is 0.861. The molecule has 3 heterocycles. The largest absolute Gasteiger partial charge is 0.453 e. The maximum atomic E-state index is 5.85. The Morgan fingerprint density at radius 1 is 1.37 bits per heavy atom. The molecule has 0 amide bonds. The van der Waals surface area contributed by atoms with Crippen molar-refractivity contribution in [2.45, 2.75) is 16.8 Å². The van der Waals surface area contributed by atoms with Crippen LogP contribution in [0.1, 0.15) is 5.76 Å². The van der Waals surface area contributed by atoms with Crippen molar-refractivity contribution in [3.63, 3.8) is 0 Å². The number of furan rings is 1. The van der Waals surface area contributed by atoms with Gasteiger partial charge in [-0.1, -0.05) is 0 Å². The van der Waals surface area contributed by atoms with Crippen molar-refractivity contribution in [1.82, 2.24) is 19.7 Å². The molecule has 5 nitrogen and oxygen atoms in total. The number of nitrogens with zero attached hydrogens (tertiary/aromatic N) is 4. The first-order valence-electron chi connectivity index (χ1n) is 6.22. The summed E-state index contributed by atoms with van der Waals surface area (Å²) in [6.07, 6.45) is 1.69. The van der Waals surface area contributed by atoms with Crippen LogP contribution in [-0.4, -0.2) is 44.3 Å². The molecule has 0 aromatic carbocycles. The van der Waals surface area contributed by atoms with Gasteiger partial charge in [-0.25, -0.2) is 0 Å². The monoisotopic (exact) mass is 296 g/mol. The molecule has 1 fully saturated rings. The van der Waals surface area contributed by atoms with Gasteiger partial charge in [0, 0.05) is 31.6 Å². The van der Waals surface area contributed by atoms with E-state index in [1.807, 2.05) is 29.4 Å². The lowest BCUT2D eigenvalue weighted by Gasteiger charge is -2.24. The van der Waals surface area contributed by atoms with E-state index in [2.05, 4.69) is 21.2 Å². The van der Waals surface area contributed by atoms with Gasteiger partial charge in [-0.2, -0.15) is 11.8 Å². The molecule has 0 saturated carbocycles. The SMILES string of the molecule is Cn1cnnc1Sc1ccc(CN2CCSCC2)o1. The summed E-state index contributed by atoms with van der Waals surface area (Å²) in [6, 6.07) is 4.06. The summed E-state index contributed by atoms with van der Waals surface area (Å²) in [5.74, 6) is 3.47. The highest BCUT2D eigenvalue weighted by Crippen LogP contribution is 2.27. The van der Waals surface area contributed by atoms with E-state index in [1.165, 1.54) is 23.3 Å². The second-order valence-electron chi connectivity index (χ2n) is 4.44. The van der Waals surface area contributed by atoms with E-state index in [0.717, 1.165) is 35.6 Å². The van der Waals surface area contributed by atoms with E-state index in [-0.39, 0.29) is 0 Å². The zero-order valence-electron chi connectivity index (χ0n) is 10.8. The van der Waals surface area contributed by atoms with Crippen LogP contribution in [0.15, 0.2) is 33.1 Å². The summed E-state index contributed by atoms with van der Waals surface area (Å²) in [5.41, 5.74) is 0. The number of hydrogen-bond donors (Lipinski definition) is 0. The van der Waals surface area contributed by atoms with E-state index >= 15 is 0 Å². The van der Waals surface area contributed by atoms with Crippen LogP contribution >= 0.6 is 23.5 Å². The highest BCUT2D eigenvalue weighted by Gasteiger charge is 2.14. The van der Waals surface area contributed by atoms with E-state index in [1.54, 1.807) is 6.33 Å². The number of thioether (sulfide) groups is 1. The minimum absolute atomic E-state index is 0.843. The topological polar surface area (TPSA) is 47.1 Å². The van der Waals surface area contributed by atoms with Gasteiger partial charge < -0.3 is 8.98 Å². The molecule has 2 aromatic heterocycles. The van der Waals surface area contributed by atoms with Crippen molar-refractivity contribution in [3.05, 3.63) is 24.2 Å². The van der Waals surface area contributed by atoms with Crippen LogP contribution in [0, 0.1) is 0 Å². The Morgan fingerprint density at radius 3 is 2.95 bits per heavy atom. The Morgan fingerprint density at radius 2 is 2.21 bits per heavy atom. The molecule has 0 radical (unpaired) electrons. The lowest BCUT2D eigenvalue weighted by Crippen LogP contribution is -2.31. The third-order valence-electron chi connectivity index (χ3n) is 2.98. The van der Waals surface area contributed by atoms with Crippen LogP contribution in [0.25, 0.3) is 0 Å². The highest BCUT2D eigenvalue weighted by atomic mass is 32.2. The van der Waals surface area contributed by atoms with Gasteiger partial charge in [-0.15, -0.1) is 10.2 Å². The lowest BCUT2D eigenvalue weighted by atomic mass is 10.4. The number of aromatic nitrogens is 3. The van der Waals surface area contributed by atoms with Gasteiger partial charge >= 0.3 is 0 Å². The summed E-state index contributed by atoms with van der Waals surface area (Å²) in [4.78, 5) is 2.44. The van der Waals surface area contributed by atoms with Gasteiger partial charge in [-0.05, 0) is 23.9 Å². The van der Waals surface area contributed by atoms with Crippen LogP contribution in [0.3, 0.4) is 0 Å². The summed E-state index contributed by atoms with van der Waals surface area (Å²) >= 11 is 3.53. The average molecular weight is 296 g/mol. The minimum Gasteiger partial charge on any atom is -0.453 e. The van der Waals surface area contributed by atoms with E-state index < -0.39 is 0 Å². The molecule has 7 heteroatoms. The second-order valence-corrected chi connectivity index (χ2v) is 6.63. The normalized spacial score (nSPS) is 16.9. The standard InChI is InChI=1S/C12H16N4OS2/c1-15-9-13-14-12(15)19-11-3-2-10(17-11)8-16-4-6-18-7-5-16/h2-3,9H,4-8H2,1H3. The minimum atomic E-state index is 0.843. The Balaban J connectivity index is 1.61. The lowest BCUT2D eigenvalue weighted by molar-refractivity contribution is 0.259. The van der Waals surface area contributed by atoms with Crippen LogP contribution < -0.4 is 0 Å².